The summed E-state index contributed by atoms with van der Waals surface area (Å²) in [5.74, 6) is 0. The number of rotatable bonds is 4. The predicted molar refractivity (Wildman–Crippen MR) is 68.6 cm³/mol. The van der Waals surface area contributed by atoms with E-state index in [-0.39, 0.29) is 5.69 Å². The van der Waals surface area contributed by atoms with Crippen LogP contribution in [0.1, 0.15) is 5.01 Å². The Kier molecular flexibility index (Phi) is 3.21. The first kappa shape index (κ1) is 11.7. The lowest BCUT2D eigenvalue weighted by atomic mass is 10.2. The Labute approximate surface area is 102 Å². The summed E-state index contributed by atoms with van der Waals surface area (Å²) in [5, 5.41) is 14.8. The van der Waals surface area contributed by atoms with Gasteiger partial charge in [-0.3, -0.25) is 10.1 Å². The monoisotopic (exact) mass is 252 g/mol. The van der Waals surface area contributed by atoms with Gasteiger partial charge in [-0.05, 0) is 13.0 Å². The van der Waals surface area contributed by atoms with Crippen molar-refractivity contribution in [3.05, 3.63) is 27.3 Å². The molecule has 0 aliphatic carbocycles. The molecule has 0 aliphatic heterocycles. The third kappa shape index (κ3) is 2.34. The van der Waals surface area contributed by atoms with Crippen molar-refractivity contribution in [1.29, 1.82) is 0 Å². The molecule has 0 radical (unpaired) electrons. The molecular weight excluding hydrogens is 240 g/mol. The van der Waals surface area contributed by atoms with Crippen LogP contribution in [0.5, 0.6) is 0 Å². The van der Waals surface area contributed by atoms with Gasteiger partial charge >= 0.3 is 0 Å². The van der Waals surface area contributed by atoms with E-state index in [1.807, 2.05) is 6.92 Å². The molecule has 0 bridgehead atoms. The van der Waals surface area contributed by atoms with Crippen molar-refractivity contribution in [3.63, 3.8) is 0 Å². The van der Waals surface area contributed by atoms with Crippen LogP contribution >= 0.6 is 11.3 Å². The van der Waals surface area contributed by atoms with E-state index < -0.39 is 4.92 Å². The van der Waals surface area contributed by atoms with Crippen molar-refractivity contribution in [3.8, 4) is 0 Å². The number of thiazole rings is 1. The largest absolute Gasteiger partial charge is 0.378 e. The van der Waals surface area contributed by atoms with E-state index in [1.165, 1.54) is 11.3 Å². The van der Waals surface area contributed by atoms with Gasteiger partial charge in [0, 0.05) is 19.2 Å². The van der Waals surface area contributed by atoms with E-state index in [0.29, 0.717) is 18.8 Å². The Morgan fingerprint density at radius 1 is 1.59 bits per heavy atom. The standard InChI is InChI=1S/C10H12N4O2S/c1-6-13-8-4-7(12-3-2-11)9(14(15)16)5-10(8)17-6/h4-5,12H,2-3,11H2,1H3. The number of aromatic nitrogens is 1. The van der Waals surface area contributed by atoms with Gasteiger partial charge < -0.3 is 11.1 Å². The van der Waals surface area contributed by atoms with Crippen molar-refractivity contribution in [2.45, 2.75) is 6.92 Å². The topological polar surface area (TPSA) is 94.1 Å². The number of nitrogens with zero attached hydrogens (tertiary/aromatic N) is 2. The second-order valence-corrected chi connectivity index (χ2v) is 4.78. The average Bonchev–Trinajstić information content (AvgIpc) is 2.63. The third-order valence-electron chi connectivity index (χ3n) is 2.27. The minimum atomic E-state index is -0.395. The summed E-state index contributed by atoms with van der Waals surface area (Å²) in [5.41, 5.74) is 6.68. The van der Waals surface area contributed by atoms with Crippen molar-refractivity contribution >= 4 is 32.9 Å². The molecule has 0 saturated carbocycles. The molecule has 1 aromatic heterocycles. The highest BCUT2D eigenvalue weighted by Gasteiger charge is 2.16. The van der Waals surface area contributed by atoms with Crippen LogP contribution in [0.15, 0.2) is 12.1 Å². The van der Waals surface area contributed by atoms with Crippen LogP contribution in [-0.2, 0) is 0 Å². The maximum absolute atomic E-state index is 11.0. The second kappa shape index (κ2) is 4.64. The summed E-state index contributed by atoms with van der Waals surface area (Å²) in [6.45, 7) is 2.80. The Bertz CT molecular complexity index is 567. The van der Waals surface area contributed by atoms with Crippen LogP contribution in [0.2, 0.25) is 0 Å². The van der Waals surface area contributed by atoms with Gasteiger partial charge in [-0.1, -0.05) is 0 Å². The average molecular weight is 252 g/mol. The summed E-state index contributed by atoms with van der Waals surface area (Å²) in [6, 6.07) is 3.26. The Morgan fingerprint density at radius 2 is 2.35 bits per heavy atom. The number of anilines is 1. The summed E-state index contributed by atoms with van der Waals surface area (Å²) >= 11 is 1.45. The number of benzene rings is 1. The van der Waals surface area contributed by atoms with Gasteiger partial charge in [0.1, 0.15) is 5.69 Å². The summed E-state index contributed by atoms with van der Waals surface area (Å²) in [7, 11) is 0. The normalized spacial score (nSPS) is 10.7. The first-order chi connectivity index (χ1) is 8.11. The molecule has 0 amide bonds. The lowest BCUT2D eigenvalue weighted by Crippen LogP contribution is -2.13. The van der Waals surface area contributed by atoms with E-state index in [1.54, 1.807) is 12.1 Å². The molecule has 0 atom stereocenters. The van der Waals surface area contributed by atoms with Gasteiger partial charge in [-0.2, -0.15) is 0 Å². The predicted octanol–water partition coefficient (Wildman–Crippen LogP) is 1.88. The second-order valence-electron chi connectivity index (χ2n) is 3.54. The highest BCUT2D eigenvalue weighted by Crippen LogP contribution is 2.32. The Balaban J connectivity index is 2.53. The van der Waals surface area contributed by atoms with Crippen LogP contribution < -0.4 is 11.1 Å². The van der Waals surface area contributed by atoms with Crippen LogP contribution in [0.4, 0.5) is 11.4 Å². The SMILES string of the molecule is Cc1nc2cc(NCCN)c([N+](=O)[O-])cc2s1. The molecule has 2 aromatic rings. The lowest BCUT2D eigenvalue weighted by Gasteiger charge is -2.05. The molecule has 2 rings (SSSR count). The Morgan fingerprint density at radius 3 is 3.00 bits per heavy atom. The van der Waals surface area contributed by atoms with Crippen molar-refractivity contribution < 1.29 is 4.92 Å². The van der Waals surface area contributed by atoms with Crippen LogP contribution in [0, 0.1) is 17.0 Å². The summed E-state index contributed by atoms with van der Waals surface area (Å²) in [6.07, 6.45) is 0. The zero-order valence-electron chi connectivity index (χ0n) is 9.27. The molecular formula is C10H12N4O2S. The minimum Gasteiger partial charge on any atom is -0.378 e. The quantitative estimate of drug-likeness (QED) is 0.640. The number of hydrogen-bond donors (Lipinski definition) is 2. The van der Waals surface area contributed by atoms with Gasteiger partial charge in [0.2, 0.25) is 0 Å². The maximum Gasteiger partial charge on any atom is 0.293 e. The fraction of sp³-hybridized carbons (Fsp3) is 0.300. The molecule has 7 heteroatoms. The fourth-order valence-corrected chi connectivity index (χ4v) is 2.42. The number of nitro groups is 1. The molecule has 0 unspecified atom stereocenters. The number of nitro benzene ring substituents is 1. The van der Waals surface area contributed by atoms with Crippen molar-refractivity contribution in [2.24, 2.45) is 5.73 Å². The van der Waals surface area contributed by atoms with Gasteiger partial charge in [0.25, 0.3) is 5.69 Å². The van der Waals surface area contributed by atoms with E-state index in [9.17, 15) is 10.1 Å². The molecule has 17 heavy (non-hydrogen) atoms. The first-order valence-corrected chi connectivity index (χ1v) is 5.93. The van der Waals surface area contributed by atoms with Crippen LogP contribution in [0.3, 0.4) is 0 Å². The highest BCUT2D eigenvalue weighted by atomic mass is 32.1. The minimum absolute atomic E-state index is 0.0644. The fourth-order valence-electron chi connectivity index (χ4n) is 1.58. The zero-order valence-corrected chi connectivity index (χ0v) is 10.1. The third-order valence-corrected chi connectivity index (χ3v) is 3.20. The highest BCUT2D eigenvalue weighted by molar-refractivity contribution is 7.18. The molecule has 1 heterocycles. The van der Waals surface area contributed by atoms with E-state index >= 15 is 0 Å². The van der Waals surface area contributed by atoms with Gasteiger partial charge in [-0.15, -0.1) is 11.3 Å². The molecule has 90 valence electrons. The van der Waals surface area contributed by atoms with Crippen LogP contribution in [0.25, 0.3) is 10.2 Å². The van der Waals surface area contributed by atoms with Crippen molar-refractivity contribution in [1.82, 2.24) is 4.98 Å². The van der Waals surface area contributed by atoms with Gasteiger partial charge in [0.15, 0.2) is 0 Å². The van der Waals surface area contributed by atoms with Crippen LogP contribution in [-0.4, -0.2) is 23.0 Å². The number of fused-ring (bicyclic) bond motifs is 1. The summed E-state index contributed by atoms with van der Waals surface area (Å²) in [4.78, 5) is 14.9. The molecule has 3 N–H and O–H groups in total. The number of aryl methyl sites for hydroxylation is 1. The molecule has 0 aliphatic rings. The molecule has 0 fully saturated rings. The van der Waals surface area contributed by atoms with Gasteiger partial charge in [-0.25, -0.2) is 4.98 Å². The first-order valence-electron chi connectivity index (χ1n) is 5.11. The van der Waals surface area contributed by atoms with E-state index in [0.717, 1.165) is 15.2 Å². The Hall–Kier alpha value is -1.73. The maximum atomic E-state index is 11.0. The van der Waals surface area contributed by atoms with Crippen molar-refractivity contribution in [2.75, 3.05) is 18.4 Å². The van der Waals surface area contributed by atoms with E-state index in [4.69, 9.17) is 5.73 Å². The lowest BCUT2D eigenvalue weighted by molar-refractivity contribution is -0.383. The number of hydrogen-bond acceptors (Lipinski definition) is 6. The molecule has 0 saturated heterocycles. The van der Waals surface area contributed by atoms with Gasteiger partial charge in [0.05, 0.1) is 20.1 Å². The smallest absolute Gasteiger partial charge is 0.293 e. The molecule has 0 spiro atoms. The molecule has 1 aromatic carbocycles. The number of nitrogens with one attached hydrogen (secondary N) is 1. The summed E-state index contributed by atoms with van der Waals surface area (Å²) < 4.78 is 0.826. The number of nitrogens with two attached hydrogens (primary N) is 1. The van der Waals surface area contributed by atoms with E-state index in [2.05, 4.69) is 10.3 Å². The molecule has 6 nitrogen and oxygen atoms in total. The zero-order chi connectivity index (χ0) is 12.4.